The number of hydrogen-bond donors (Lipinski definition) is 2. The molecule has 1 amide bonds. The summed E-state index contributed by atoms with van der Waals surface area (Å²) >= 11 is 7.12. The molecule has 17 heavy (non-hydrogen) atoms. The summed E-state index contributed by atoms with van der Waals surface area (Å²) in [7, 11) is 0. The lowest BCUT2D eigenvalue weighted by Crippen LogP contribution is -2.15. The van der Waals surface area contributed by atoms with Gasteiger partial charge in [-0.15, -0.1) is 11.3 Å². The van der Waals surface area contributed by atoms with Crippen molar-refractivity contribution in [1.29, 1.82) is 0 Å². The largest absolute Gasteiger partial charge is 0.375 e. The van der Waals surface area contributed by atoms with Crippen LogP contribution in [-0.2, 0) is 11.2 Å². The van der Waals surface area contributed by atoms with Gasteiger partial charge in [-0.1, -0.05) is 11.6 Å². The van der Waals surface area contributed by atoms with E-state index < -0.39 is 0 Å². The van der Waals surface area contributed by atoms with Crippen molar-refractivity contribution in [2.24, 2.45) is 0 Å². The van der Waals surface area contributed by atoms with E-state index in [4.69, 9.17) is 17.3 Å². The van der Waals surface area contributed by atoms with Crippen molar-refractivity contribution in [3.63, 3.8) is 0 Å². The summed E-state index contributed by atoms with van der Waals surface area (Å²) in [6, 6.07) is 3.38. The van der Waals surface area contributed by atoms with E-state index in [2.05, 4.69) is 15.3 Å². The number of pyridine rings is 1. The molecule has 0 aliphatic heterocycles. The summed E-state index contributed by atoms with van der Waals surface area (Å²) in [5, 5.41) is 5.12. The Labute approximate surface area is 107 Å². The average molecular weight is 269 g/mol. The number of nitrogens with one attached hydrogen (secondary N) is 1. The van der Waals surface area contributed by atoms with Crippen LogP contribution < -0.4 is 11.1 Å². The molecule has 0 aromatic carbocycles. The highest BCUT2D eigenvalue weighted by Crippen LogP contribution is 2.18. The van der Waals surface area contributed by atoms with Crippen molar-refractivity contribution in [2.75, 3.05) is 11.1 Å². The van der Waals surface area contributed by atoms with E-state index >= 15 is 0 Å². The first-order valence-corrected chi connectivity index (χ1v) is 6.01. The molecule has 88 valence electrons. The monoisotopic (exact) mass is 268 g/mol. The summed E-state index contributed by atoms with van der Waals surface area (Å²) in [4.78, 5) is 19.5. The summed E-state index contributed by atoms with van der Waals surface area (Å²) in [6.07, 6.45) is 1.72. The number of carbonyl (C=O) groups excluding carboxylic acids is 1. The van der Waals surface area contributed by atoms with Crippen molar-refractivity contribution >= 4 is 39.7 Å². The van der Waals surface area contributed by atoms with Gasteiger partial charge in [-0.3, -0.25) is 4.79 Å². The lowest BCUT2D eigenvalue weighted by molar-refractivity contribution is -0.115. The zero-order valence-corrected chi connectivity index (χ0v) is 10.3. The molecule has 2 heterocycles. The zero-order chi connectivity index (χ0) is 12.3. The Kier molecular flexibility index (Phi) is 3.55. The molecule has 0 atom stereocenters. The SMILES string of the molecule is Nc1nc(CC(=O)Nc2cccnc2Cl)cs1. The number of amides is 1. The van der Waals surface area contributed by atoms with E-state index in [0.717, 1.165) is 0 Å². The summed E-state index contributed by atoms with van der Waals surface area (Å²) < 4.78 is 0. The van der Waals surface area contributed by atoms with Gasteiger partial charge >= 0.3 is 0 Å². The van der Waals surface area contributed by atoms with Crippen molar-refractivity contribution < 1.29 is 4.79 Å². The number of thiazole rings is 1. The number of aromatic nitrogens is 2. The van der Waals surface area contributed by atoms with Crippen molar-refractivity contribution in [1.82, 2.24) is 9.97 Å². The highest BCUT2D eigenvalue weighted by molar-refractivity contribution is 7.13. The summed E-state index contributed by atoms with van der Waals surface area (Å²) in [5.74, 6) is -0.204. The lowest BCUT2D eigenvalue weighted by Gasteiger charge is -2.04. The van der Waals surface area contributed by atoms with Gasteiger partial charge in [0.2, 0.25) is 5.91 Å². The summed E-state index contributed by atoms with van der Waals surface area (Å²) in [6.45, 7) is 0. The lowest BCUT2D eigenvalue weighted by atomic mass is 10.3. The molecule has 2 rings (SSSR count). The van der Waals surface area contributed by atoms with Gasteiger partial charge < -0.3 is 11.1 Å². The molecule has 0 saturated carbocycles. The van der Waals surface area contributed by atoms with E-state index in [-0.39, 0.29) is 17.5 Å². The van der Waals surface area contributed by atoms with Crippen LogP contribution >= 0.6 is 22.9 Å². The van der Waals surface area contributed by atoms with Crippen molar-refractivity contribution in [3.8, 4) is 0 Å². The van der Waals surface area contributed by atoms with Crippen LogP contribution in [0.4, 0.5) is 10.8 Å². The van der Waals surface area contributed by atoms with Gasteiger partial charge in [-0.05, 0) is 12.1 Å². The van der Waals surface area contributed by atoms with Crippen molar-refractivity contribution in [3.05, 3.63) is 34.6 Å². The zero-order valence-electron chi connectivity index (χ0n) is 8.68. The first-order valence-electron chi connectivity index (χ1n) is 4.75. The summed E-state index contributed by atoms with van der Waals surface area (Å²) in [5.41, 5.74) is 6.61. The van der Waals surface area contributed by atoms with Crippen molar-refractivity contribution in [2.45, 2.75) is 6.42 Å². The molecule has 0 fully saturated rings. The van der Waals surface area contributed by atoms with Gasteiger partial charge in [0, 0.05) is 11.6 Å². The van der Waals surface area contributed by atoms with E-state index in [1.165, 1.54) is 11.3 Å². The van der Waals surface area contributed by atoms with Gasteiger partial charge in [-0.25, -0.2) is 9.97 Å². The Morgan fingerprint density at radius 3 is 3.06 bits per heavy atom. The molecule has 0 aliphatic carbocycles. The van der Waals surface area contributed by atoms with Crippen LogP contribution in [0.15, 0.2) is 23.7 Å². The van der Waals surface area contributed by atoms with Crippen LogP contribution in [0, 0.1) is 0 Å². The Balaban J connectivity index is 2.01. The van der Waals surface area contributed by atoms with Crippen LogP contribution in [0.3, 0.4) is 0 Å². The molecule has 0 spiro atoms. The van der Waals surface area contributed by atoms with Crippen LogP contribution in [0.25, 0.3) is 0 Å². The number of carbonyl (C=O) groups is 1. The molecule has 0 bridgehead atoms. The number of halogens is 1. The first-order chi connectivity index (χ1) is 8.15. The highest BCUT2D eigenvalue weighted by atomic mass is 35.5. The fraction of sp³-hybridized carbons (Fsp3) is 0.100. The van der Waals surface area contributed by atoms with Gasteiger partial charge in [0.15, 0.2) is 10.3 Å². The maximum absolute atomic E-state index is 11.7. The minimum atomic E-state index is -0.204. The number of nitrogens with two attached hydrogens (primary N) is 1. The van der Waals surface area contributed by atoms with E-state index in [1.54, 1.807) is 23.7 Å². The second-order valence-electron chi connectivity index (χ2n) is 3.24. The Bertz CT molecular complexity index is 543. The fourth-order valence-corrected chi connectivity index (χ4v) is 1.97. The third-order valence-corrected chi connectivity index (χ3v) is 2.97. The van der Waals surface area contributed by atoms with Crippen LogP contribution in [0.1, 0.15) is 5.69 Å². The molecular formula is C10H9ClN4OS. The molecule has 3 N–H and O–H groups in total. The smallest absolute Gasteiger partial charge is 0.230 e. The quantitative estimate of drug-likeness (QED) is 0.834. The predicted octanol–water partition coefficient (Wildman–Crippen LogP) is 1.95. The number of hydrogen-bond acceptors (Lipinski definition) is 5. The maximum Gasteiger partial charge on any atom is 0.230 e. The third kappa shape index (κ3) is 3.15. The molecule has 5 nitrogen and oxygen atoms in total. The van der Waals surface area contributed by atoms with Gasteiger partial charge in [0.25, 0.3) is 0 Å². The average Bonchev–Trinajstić information content (AvgIpc) is 2.67. The minimum Gasteiger partial charge on any atom is -0.375 e. The number of nitrogen functional groups attached to an aromatic ring is 1. The van der Waals surface area contributed by atoms with E-state index in [0.29, 0.717) is 16.5 Å². The molecular weight excluding hydrogens is 260 g/mol. The normalized spacial score (nSPS) is 10.2. The molecule has 0 radical (unpaired) electrons. The topological polar surface area (TPSA) is 80.9 Å². The Hall–Kier alpha value is -1.66. The maximum atomic E-state index is 11.7. The number of rotatable bonds is 3. The second-order valence-corrected chi connectivity index (χ2v) is 4.49. The van der Waals surface area contributed by atoms with E-state index in [9.17, 15) is 4.79 Å². The van der Waals surface area contributed by atoms with E-state index in [1.807, 2.05) is 0 Å². The van der Waals surface area contributed by atoms with Gasteiger partial charge in [-0.2, -0.15) is 0 Å². The number of anilines is 2. The molecule has 0 unspecified atom stereocenters. The highest BCUT2D eigenvalue weighted by Gasteiger charge is 2.09. The fourth-order valence-electron chi connectivity index (χ4n) is 1.24. The molecule has 0 aliphatic rings. The Morgan fingerprint density at radius 1 is 1.59 bits per heavy atom. The number of nitrogens with zero attached hydrogens (tertiary/aromatic N) is 2. The van der Waals surface area contributed by atoms with Crippen LogP contribution in [0.2, 0.25) is 5.15 Å². The van der Waals surface area contributed by atoms with Gasteiger partial charge in [0.05, 0.1) is 17.8 Å². The molecule has 2 aromatic heterocycles. The molecule has 7 heteroatoms. The van der Waals surface area contributed by atoms with Gasteiger partial charge in [0.1, 0.15) is 0 Å². The second kappa shape index (κ2) is 5.11. The molecule has 0 saturated heterocycles. The van der Waals surface area contributed by atoms with Crippen LogP contribution in [0.5, 0.6) is 0 Å². The Morgan fingerprint density at radius 2 is 2.41 bits per heavy atom. The molecule has 2 aromatic rings. The van der Waals surface area contributed by atoms with Crippen LogP contribution in [-0.4, -0.2) is 15.9 Å². The standard InChI is InChI=1S/C10H9ClN4OS/c11-9-7(2-1-3-13-9)15-8(16)4-6-5-17-10(12)14-6/h1-3,5H,4H2,(H2,12,14)(H,15,16). The first kappa shape index (κ1) is 11.8. The predicted molar refractivity (Wildman–Crippen MR) is 68.1 cm³/mol. The third-order valence-electron chi connectivity index (χ3n) is 1.94. The minimum absolute atomic E-state index is 0.166.